The number of pyridine rings is 1. The molecule has 0 radical (unpaired) electrons. The van der Waals surface area contributed by atoms with Crippen molar-refractivity contribution in [1.82, 2.24) is 19.9 Å². The number of amides is 1. The summed E-state index contributed by atoms with van der Waals surface area (Å²) in [4.78, 5) is 28.2. The summed E-state index contributed by atoms with van der Waals surface area (Å²) in [7, 11) is 0. The SMILES string of the molecule is C[C@H]1OCc2c1c(N)nc1cc(F)c(C(=O)N(Cc3ncccn3)C3CCOc4cc(C(F)(F)F)ccc43)cc21. The van der Waals surface area contributed by atoms with Crippen molar-refractivity contribution in [3.8, 4) is 5.75 Å². The highest BCUT2D eigenvalue weighted by molar-refractivity contribution is 6.00. The summed E-state index contributed by atoms with van der Waals surface area (Å²) >= 11 is 0. The third-order valence-electron chi connectivity index (χ3n) is 7.28. The van der Waals surface area contributed by atoms with E-state index in [0.29, 0.717) is 16.5 Å². The number of rotatable bonds is 4. The fourth-order valence-electron chi connectivity index (χ4n) is 5.36. The molecule has 2 atom stereocenters. The molecule has 0 aliphatic carbocycles. The number of benzene rings is 2. The van der Waals surface area contributed by atoms with Gasteiger partial charge in [-0.2, -0.15) is 13.2 Å². The summed E-state index contributed by atoms with van der Waals surface area (Å²) in [6, 6.07) is 6.64. The van der Waals surface area contributed by atoms with Gasteiger partial charge in [-0.05, 0) is 36.8 Å². The fourth-order valence-corrected chi connectivity index (χ4v) is 5.36. The maximum atomic E-state index is 15.5. The normalized spacial score (nSPS) is 18.2. The van der Waals surface area contributed by atoms with Crippen LogP contribution in [0.15, 0.2) is 48.8 Å². The van der Waals surface area contributed by atoms with Gasteiger partial charge in [-0.25, -0.2) is 19.3 Å². The van der Waals surface area contributed by atoms with E-state index in [9.17, 15) is 18.0 Å². The largest absolute Gasteiger partial charge is 0.493 e. The second-order valence-electron chi connectivity index (χ2n) is 9.69. The Labute approximate surface area is 225 Å². The number of ether oxygens (including phenoxy) is 2. The lowest BCUT2D eigenvalue weighted by atomic mass is 9.95. The molecular formula is C28H23F4N5O3. The van der Waals surface area contributed by atoms with Gasteiger partial charge in [0, 0.05) is 41.4 Å². The van der Waals surface area contributed by atoms with E-state index >= 15 is 4.39 Å². The number of carbonyl (C=O) groups excluding carboxylic acids is 1. The molecule has 0 saturated carbocycles. The molecule has 4 heterocycles. The Balaban J connectivity index is 1.46. The van der Waals surface area contributed by atoms with Crippen LogP contribution in [-0.2, 0) is 24.1 Å². The van der Waals surface area contributed by atoms with E-state index in [-0.39, 0.29) is 60.8 Å². The van der Waals surface area contributed by atoms with Crippen molar-refractivity contribution in [2.45, 2.75) is 44.8 Å². The Morgan fingerprint density at radius 2 is 1.95 bits per heavy atom. The van der Waals surface area contributed by atoms with Crippen LogP contribution in [0, 0.1) is 5.82 Å². The predicted molar refractivity (Wildman–Crippen MR) is 136 cm³/mol. The molecule has 0 spiro atoms. The van der Waals surface area contributed by atoms with Crippen LogP contribution in [0.5, 0.6) is 5.75 Å². The third-order valence-corrected chi connectivity index (χ3v) is 7.28. The number of hydrogen-bond donors (Lipinski definition) is 1. The average Bonchev–Trinajstić information content (AvgIpc) is 3.33. The fraction of sp³-hybridized carbons (Fsp3) is 0.286. The van der Waals surface area contributed by atoms with E-state index in [0.717, 1.165) is 23.8 Å². The monoisotopic (exact) mass is 553 g/mol. The van der Waals surface area contributed by atoms with Crippen molar-refractivity contribution in [2.24, 2.45) is 0 Å². The molecule has 4 aromatic rings. The van der Waals surface area contributed by atoms with E-state index in [1.165, 1.54) is 29.4 Å². The summed E-state index contributed by atoms with van der Waals surface area (Å²) in [5.41, 5.74) is 7.11. The minimum atomic E-state index is -4.56. The van der Waals surface area contributed by atoms with Crippen LogP contribution >= 0.6 is 0 Å². The van der Waals surface area contributed by atoms with Crippen LogP contribution in [-0.4, -0.2) is 32.4 Å². The van der Waals surface area contributed by atoms with Crippen molar-refractivity contribution in [2.75, 3.05) is 12.3 Å². The van der Waals surface area contributed by atoms with Crippen LogP contribution in [0.2, 0.25) is 0 Å². The number of carbonyl (C=O) groups is 1. The smallest absolute Gasteiger partial charge is 0.416 e. The van der Waals surface area contributed by atoms with Crippen molar-refractivity contribution < 1.29 is 31.8 Å². The number of nitrogens with two attached hydrogens (primary N) is 1. The molecule has 206 valence electrons. The summed E-state index contributed by atoms with van der Waals surface area (Å²) in [6.45, 7) is 2.01. The lowest BCUT2D eigenvalue weighted by Gasteiger charge is -2.36. The molecule has 2 aliphatic rings. The quantitative estimate of drug-likeness (QED) is 0.332. The molecule has 2 aromatic heterocycles. The molecule has 0 fully saturated rings. The maximum absolute atomic E-state index is 15.5. The molecule has 40 heavy (non-hydrogen) atoms. The topological polar surface area (TPSA) is 103 Å². The van der Waals surface area contributed by atoms with E-state index < -0.39 is 29.5 Å². The number of hydrogen-bond acceptors (Lipinski definition) is 7. The molecule has 0 bridgehead atoms. The highest BCUT2D eigenvalue weighted by Crippen LogP contribution is 2.42. The molecule has 1 amide bonds. The first-order valence-electron chi connectivity index (χ1n) is 12.6. The third kappa shape index (κ3) is 4.47. The van der Waals surface area contributed by atoms with E-state index in [1.54, 1.807) is 6.07 Å². The Bertz CT molecular complexity index is 1630. The van der Waals surface area contributed by atoms with Crippen molar-refractivity contribution in [3.63, 3.8) is 0 Å². The summed E-state index contributed by atoms with van der Waals surface area (Å²) in [6.07, 6.45) is -1.58. The molecule has 2 N–H and O–H groups in total. The second-order valence-corrected chi connectivity index (χ2v) is 9.69. The molecule has 8 nitrogen and oxygen atoms in total. The zero-order valence-electron chi connectivity index (χ0n) is 21.2. The summed E-state index contributed by atoms with van der Waals surface area (Å²) < 4.78 is 66.9. The van der Waals surface area contributed by atoms with Gasteiger partial charge < -0.3 is 20.1 Å². The van der Waals surface area contributed by atoms with Gasteiger partial charge in [0.05, 0.1) is 48.5 Å². The zero-order chi connectivity index (χ0) is 28.2. The lowest BCUT2D eigenvalue weighted by molar-refractivity contribution is -0.137. The molecule has 2 aromatic carbocycles. The highest BCUT2D eigenvalue weighted by Gasteiger charge is 2.37. The van der Waals surface area contributed by atoms with E-state index in [2.05, 4.69) is 15.0 Å². The number of alkyl halides is 3. The lowest BCUT2D eigenvalue weighted by Crippen LogP contribution is -2.38. The predicted octanol–water partition coefficient (Wildman–Crippen LogP) is 5.52. The molecule has 12 heteroatoms. The first-order valence-corrected chi connectivity index (χ1v) is 12.6. The van der Waals surface area contributed by atoms with Crippen LogP contribution in [0.25, 0.3) is 10.9 Å². The van der Waals surface area contributed by atoms with Gasteiger partial charge in [0.1, 0.15) is 23.2 Å². The van der Waals surface area contributed by atoms with Gasteiger partial charge in [0.25, 0.3) is 5.91 Å². The van der Waals surface area contributed by atoms with Crippen LogP contribution < -0.4 is 10.5 Å². The van der Waals surface area contributed by atoms with Crippen molar-refractivity contribution in [3.05, 3.63) is 88.3 Å². The van der Waals surface area contributed by atoms with Crippen molar-refractivity contribution in [1.29, 1.82) is 0 Å². The van der Waals surface area contributed by atoms with Crippen LogP contribution in [0.4, 0.5) is 23.4 Å². The van der Waals surface area contributed by atoms with Gasteiger partial charge in [0.2, 0.25) is 0 Å². The zero-order valence-corrected chi connectivity index (χ0v) is 21.2. The molecule has 2 aliphatic heterocycles. The molecule has 6 rings (SSSR count). The van der Waals surface area contributed by atoms with Crippen LogP contribution in [0.1, 0.15) is 63.9 Å². The number of aromatic nitrogens is 3. The average molecular weight is 554 g/mol. The van der Waals surface area contributed by atoms with E-state index in [4.69, 9.17) is 15.2 Å². The number of nitrogen functional groups attached to an aromatic ring is 1. The number of anilines is 1. The van der Waals surface area contributed by atoms with E-state index in [1.807, 2.05) is 6.92 Å². The highest BCUT2D eigenvalue weighted by atomic mass is 19.4. The number of halogens is 4. The number of fused-ring (bicyclic) bond motifs is 4. The minimum Gasteiger partial charge on any atom is -0.493 e. The Hall–Kier alpha value is -4.32. The minimum absolute atomic E-state index is 0.0143. The van der Waals surface area contributed by atoms with Crippen molar-refractivity contribution >= 4 is 22.6 Å². The van der Waals surface area contributed by atoms with Crippen LogP contribution in [0.3, 0.4) is 0 Å². The molecular weight excluding hydrogens is 530 g/mol. The second kappa shape index (κ2) is 9.70. The van der Waals surface area contributed by atoms with Gasteiger partial charge in [0.15, 0.2) is 0 Å². The first-order chi connectivity index (χ1) is 19.1. The van der Waals surface area contributed by atoms with Gasteiger partial charge in [-0.1, -0.05) is 6.07 Å². The first kappa shape index (κ1) is 25.9. The molecule has 1 unspecified atom stereocenters. The summed E-state index contributed by atoms with van der Waals surface area (Å²) in [5.74, 6) is -0.946. The Morgan fingerprint density at radius 1 is 1.18 bits per heavy atom. The maximum Gasteiger partial charge on any atom is 0.416 e. The van der Waals surface area contributed by atoms with Gasteiger partial charge in [-0.3, -0.25) is 4.79 Å². The molecule has 0 saturated heterocycles. The Morgan fingerprint density at radius 3 is 2.70 bits per heavy atom. The Kier molecular flexibility index (Phi) is 6.29. The van der Waals surface area contributed by atoms with Gasteiger partial charge in [-0.15, -0.1) is 0 Å². The van der Waals surface area contributed by atoms with Gasteiger partial charge >= 0.3 is 6.18 Å². The number of nitrogens with zero attached hydrogens (tertiary/aromatic N) is 4. The summed E-state index contributed by atoms with van der Waals surface area (Å²) in [5, 5.41) is 0.538. The standard InChI is InChI=1S/C28H23F4N5O3/c1-14-25-19(13-40-14)17-10-18(20(29)11-21(17)36-26(25)33)27(38)37(12-24-34-6-2-7-35-24)22-5-8-39-23-9-15(28(30,31)32)3-4-16(22)23/h2-4,6-7,9-11,14,22H,5,8,12-13H2,1H3,(H2,33,36)/t14-,22?/m1/s1.